The number of rotatable bonds is 5. The van der Waals surface area contributed by atoms with Gasteiger partial charge in [-0.2, -0.15) is 5.10 Å². The van der Waals surface area contributed by atoms with Crippen LogP contribution < -0.4 is 10.6 Å². The fraction of sp³-hybridized carbons (Fsp3) is 0.800. The number of amides is 1. The van der Waals surface area contributed by atoms with E-state index in [4.69, 9.17) is 4.74 Å². The van der Waals surface area contributed by atoms with E-state index >= 15 is 0 Å². The molecule has 2 aliphatic heterocycles. The maximum Gasteiger partial charge on any atom is 0.271 e. The van der Waals surface area contributed by atoms with Crippen molar-refractivity contribution in [1.82, 2.24) is 25.3 Å². The Labute approximate surface area is 174 Å². The van der Waals surface area contributed by atoms with Gasteiger partial charge in [-0.3, -0.25) is 14.4 Å². The summed E-state index contributed by atoms with van der Waals surface area (Å²) in [5.41, 5.74) is 0.626. The van der Waals surface area contributed by atoms with Crippen LogP contribution >= 0.6 is 12.4 Å². The topological polar surface area (TPSA) is 71.4 Å². The summed E-state index contributed by atoms with van der Waals surface area (Å²) in [7, 11) is 0. The van der Waals surface area contributed by atoms with E-state index in [-0.39, 0.29) is 23.9 Å². The first-order valence-electron chi connectivity index (χ1n) is 10.6. The number of carbonyl (C=O) groups is 1. The lowest BCUT2D eigenvalue weighted by Crippen LogP contribution is -2.59. The van der Waals surface area contributed by atoms with E-state index in [9.17, 15) is 4.79 Å². The minimum Gasteiger partial charge on any atom is -0.379 e. The van der Waals surface area contributed by atoms with Crippen LogP contribution in [0.4, 0.5) is 0 Å². The zero-order chi connectivity index (χ0) is 18.5. The van der Waals surface area contributed by atoms with Crippen molar-refractivity contribution in [3.05, 3.63) is 18.0 Å². The zero-order valence-electron chi connectivity index (χ0n) is 16.7. The largest absolute Gasteiger partial charge is 0.379 e. The minimum atomic E-state index is -0.0456. The molecule has 1 saturated carbocycles. The van der Waals surface area contributed by atoms with Crippen molar-refractivity contribution in [2.75, 3.05) is 45.9 Å². The van der Waals surface area contributed by atoms with Gasteiger partial charge in [0.1, 0.15) is 5.69 Å². The van der Waals surface area contributed by atoms with Gasteiger partial charge in [-0.25, -0.2) is 0 Å². The van der Waals surface area contributed by atoms with Crippen LogP contribution in [0.3, 0.4) is 0 Å². The van der Waals surface area contributed by atoms with Gasteiger partial charge in [-0.05, 0) is 38.3 Å². The highest BCUT2D eigenvalue weighted by molar-refractivity contribution is 5.92. The van der Waals surface area contributed by atoms with Crippen LogP contribution in [0.25, 0.3) is 0 Å². The first kappa shape index (κ1) is 21.6. The predicted octanol–water partition coefficient (Wildman–Crippen LogP) is 1.99. The van der Waals surface area contributed by atoms with Crippen molar-refractivity contribution in [3.8, 4) is 0 Å². The molecule has 8 heteroatoms. The number of ether oxygens (including phenoxy) is 1. The summed E-state index contributed by atoms with van der Waals surface area (Å²) in [6, 6.07) is 2.21. The maximum absolute atomic E-state index is 12.8. The molecule has 3 fully saturated rings. The molecule has 28 heavy (non-hydrogen) atoms. The number of nitrogens with zero attached hydrogens (tertiary/aromatic N) is 3. The van der Waals surface area contributed by atoms with Gasteiger partial charge >= 0.3 is 0 Å². The summed E-state index contributed by atoms with van der Waals surface area (Å²) in [5.74, 6) is -0.0456. The number of hydrogen-bond donors (Lipinski definition) is 2. The molecule has 0 aromatic carbocycles. The van der Waals surface area contributed by atoms with E-state index in [1.165, 1.54) is 19.3 Å². The number of carbonyl (C=O) groups excluding carboxylic acids is 1. The minimum absolute atomic E-state index is 0. The van der Waals surface area contributed by atoms with Crippen molar-refractivity contribution < 1.29 is 9.53 Å². The molecule has 0 bridgehead atoms. The molecule has 4 rings (SSSR count). The molecule has 3 heterocycles. The summed E-state index contributed by atoms with van der Waals surface area (Å²) in [4.78, 5) is 15.3. The molecule has 158 valence electrons. The van der Waals surface area contributed by atoms with Gasteiger partial charge in [0.05, 0.1) is 19.3 Å². The SMILES string of the molecule is Cl.O=C(NCC1(N2CCOCC2)CCCCC1)c1ccn(C2CCCNC2)n1. The number of aromatic nitrogens is 2. The molecule has 0 radical (unpaired) electrons. The molecule has 7 nitrogen and oxygen atoms in total. The lowest BCUT2D eigenvalue weighted by atomic mass is 9.79. The maximum atomic E-state index is 12.8. The smallest absolute Gasteiger partial charge is 0.271 e. The molecule has 1 aromatic heterocycles. The highest BCUT2D eigenvalue weighted by atomic mass is 35.5. The summed E-state index contributed by atoms with van der Waals surface area (Å²) >= 11 is 0. The molecule has 2 N–H and O–H groups in total. The normalized spacial score (nSPS) is 25.6. The van der Waals surface area contributed by atoms with Crippen molar-refractivity contribution >= 4 is 18.3 Å². The Balaban J connectivity index is 0.00000225. The van der Waals surface area contributed by atoms with E-state index in [0.717, 1.165) is 65.1 Å². The molecule has 0 spiro atoms. The van der Waals surface area contributed by atoms with E-state index in [2.05, 4.69) is 20.6 Å². The van der Waals surface area contributed by atoms with E-state index in [0.29, 0.717) is 18.3 Å². The van der Waals surface area contributed by atoms with Crippen LogP contribution in [0.5, 0.6) is 0 Å². The summed E-state index contributed by atoms with van der Waals surface area (Å²) < 4.78 is 7.50. The predicted molar refractivity (Wildman–Crippen MR) is 111 cm³/mol. The quantitative estimate of drug-likeness (QED) is 0.775. The van der Waals surface area contributed by atoms with Crippen LogP contribution in [0, 0.1) is 0 Å². The highest BCUT2D eigenvalue weighted by Crippen LogP contribution is 2.34. The number of piperidine rings is 1. The highest BCUT2D eigenvalue weighted by Gasteiger charge is 2.39. The third-order valence-corrected chi connectivity index (χ3v) is 6.53. The van der Waals surface area contributed by atoms with Crippen molar-refractivity contribution in [2.24, 2.45) is 0 Å². The van der Waals surface area contributed by atoms with Crippen molar-refractivity contribution in [1.29, 1.82) is 0 Å². The van der Waals surface area contributed by atoms with Gasteiger partial charge < -0.3 is 15.4 Å². The average Bonchev–Trinajstić information content (AvgIpc) is 3.24. The Bertz CT molecular complexity index is 620. The van der Waals surface area contributed by atoms with Crippen LogP contribution in [0.1, 0.15) is 61.5 Å². The third kappa shape index (κ3) is 4.87. The number of morpholine rings is 1. The molecule has 1 unspecified atom stereocenters. The molecule has 2 saturated heterocycles. The Morgan fingerprint density at radius 2 is 2.04 bits per heavy atom. The number of hydrogen-bond acceptors (Lipinski definition) is 5. The molecular formula is C20H34ClN5O2. The second-order valence-electron chi connectivity index (χ2n) is 8.25. The fourth-order valence-electron chi connectivity index (χ4n) is 4.91. The Morgan fingerprint density at radius 3 is 2.75 bits per heavy atom. The molecule has 1 amide bonds. The number of halogens is 1. The van der Waals surface area contributed by atoms with Crippen LogP contribution in [0.2, 0.25) is 0 Å². The van der Waals surface area contributed by atoms with Crippen LogP contribution in [-0.2, 0) is 4.74 Å². The fourth-order valence-corrected chi connectivity index (χ4v) is 4.91. The van der Waals surface area contributed by atoms with Gasteiger partial charge in [0, 0.05) is 37.9 Å². The van der Waals surface area contributed by atoms with Gasteiger partial charge in [0.25, 0.3) is 5.91 Å². The van der Waals surface area contributed by atoms with Crippen LogP contribution in [-0.4, -0.2) is 72.1 Å². The van der Waals surface area contributed by atoms with Gasteiger partial charge in [-0.15, -0.1) is 12.4 Å². The van der Waals surface area contributed by atoms with Crippen molar-refractivity contribution in [3.63, 3.8) is 0 Å². The zero-order valence-corrected chi connectivity index (χ0v) is 17.5. The first-order chi connectivity index (χ1) is 13.3. The van der Waals surface area contributed by atoms with E-state index in [1.807, 2.05) is 16.9 Å². The molecule has 1 aromatic rings. The van der Waals surface area contributed by atoms with Gasteiger partial charge in [0.15, 0.2) is 0 Å². The van der Waals surface area contributed by atoms with E-state index in [1.54, 1.807) is 0 Å². The Morgan fingerprint density at radius 1 is 1.25 bits per heavy atom. The third-order valence-electron chi connectivity index (χ3n) is 6.53. The Hall–Kier alpha value is -1.15. The summed E-state index contributed by atoms with van der Waals surface area (Å²) in [6.07, 6.45) is 10.4. The Kier molecular flexibility index (Phi) is 7.74. The lowest BCUT2D eigenvalue weighted by molar-refractivity contribution is -0.0361. The van der Waals surface area contributed by atoms with Gasteiger partial charge in [-0.1, -0.05) is 19.3 Å². The molecule has 1 aliphatic carbocycles. The van der Waals surface area contributed by atoms with Gasteiger partial charge in [0.2, 0.25) is 0 Å². The number of nitrogens with one attached hydrogen (secondary N) is 2. The van der Waals surface area contributed by atoms with E-state index < -0.39 is 0 Å². The first-order valence-corrected chi connectivity index (χ1v) is 10.6. The summed E-state index contributed by atoms with van der Waals surface area (Å²) in [6.45, 7) is 6.27. The van der Waals surface area contributed by atoms with Crippen LogP contribution in [0.15, 0.2) is 12.3 Å². The summed E-state index contributed by atoms with van der Waals surface area (Å²) in [5, 5.41) is 11.2. The second-order valence-corrected chi connectivity index (χ2v) is 8.25. The average molecular weight is 412 g/mol. The molecule has 1 atom stereocenters. The monoisotopic (exact) mass is 411 g/mol. The second kappa shape index (κ2) is 10.1. The standard InChI is InChI=1S/C20H33N5O2.ClH/c26-19(18-6-10-25(23-18)17-5-4-9-21-15-17)22-16-20(7-2-1-3-8-20)24-11-13-27-14-12-24;/h6,10,17,21H,1-5,7-9,11-16H2,(H,22,26);1H. The lowest BCUT2D eigenvalue weighted by Gasteiger charge is -2.48. The molecular weight excluding hydrogens is 378 g/mol. The van der Waals surface area contributed by atoms with Crippen molar-refractivity contribution in [2.45, 2.75) is 56.5 Å². The molecule has 3 aliphatic rings.